The van der Waals surface area contributed by atoms with Gasteiger partial charge in [0.2, 0.25) is 0 Å². The van der Waals surface area contributed by atoms with E-state index < -0.39 is 0 Å². The number of nitrogens with zero attached hydrogens (tertiary/aromatic N) is 4. The summed E-state index contributed by atoms with van der Waals surface area (Å²) in [5.41, 5.74) is 0.734. The molecule has 0 unspecified atom stereocenters. The van der Waals surface area contributed by atoms with Crippen LogP contribution in [-0.2, 0) is 27.4 Å². The molecule has 2 N–H and O–H groups in total. The summed E-state index contributed by atoms with van der Waals surface area (Å²) in [5.74, 6) is -0.0769. The van der Waals surface area contributed by atoms with Crippen LogP contribution < -0.4 is 10.6 Å². The van der Waals surface area contributed by atoms with E-state index in [1.54, 1.807) is 9.58 Å². The average molecular weight is 465 g/mol. The summed E-state index contributed by atoms with van der Waals surface area (Å²) >= 11 is 0. The molecule has 10 heteroatoms. The van der Waals surface area contributed by atoms with Gasteiger partial charge in [0.1, 0.15) is 12.3 Å². The van der Waals surface area contributed by atoms with Crippen molar-refractivity contribution in [3.05, 3.63) is 11.9 Å². The first-order valence-electron chi connectivity index (χ1n) is 12.3. The molecule has 2 aliphatic rings. The van der Waals surface area contributed by atoms with E-state index in [4.69, 9.17) is 9.47 Å². The van der Waals surface area contributed by atoms with Crippen LogP contribution in [0.25, 0.3) is 0 Å². The lowest BCUT2D eigenvalue weighted by molar-refractivity contribution is -0.144. The first kappa shape index (κ1) is 25.4. The number of likely N-dealkylation sites (N-methyl/N-ethyl adjacent to an activating group) is 1. The van der Waals surface area contributed by atoms with Crippen molar-refractivity contribution in [1.82, 2.24) is 30.5 Å². The van der Waals surface area contributed by atoms with Crippen LogP contribution in [0, 0.1) is 5.92 Å². The third-order valence-corrected chi connectivity index (χ3v) is 6.45. The molecule has 186 valence electrons. The molecular formula is C23H40N6O4. The number of hydrogen-bond acceptors (Lipinski definition) is 7. The number of hydrogen-bond donors (Lipinski definition) is 2. The topological polar surface area (TPSA) is 111 Å². The number of carbonyl (C=O) groups is 2. The van der Waals surface area contributed by atoms with Gasteiger partial charge in [-0.3, -0.25) is 9.48 Å². The second-order valence-corrected chi connectivity index (χ2v) is 9.56. The maximum atomic E-state index is 12.8. The van der Waals surface area contributed by atoms with Gasteiger partial charge in [0, 0.05) is 45.2 Å². The van der Waals surface area contributed by atoms with Crippen molar-refractivity contribution < 1.29 is 19.1 Å². The monoisotopic (exact) mass is 464 g/mol. The van der Waals surface area contributed by atoms with Gasteiger partial charge in [-0.2, -0.15) is 0 Å². The van der Waals surface area contributed by atoms with Gasteiger partial charge in [-0.1, -0.05) is 31.4 Å². The molecule has 2 heterocycles. The maximum absolute atomic E-state index is 12.8. The van der Waals surface area contributed by atoms with E-state index in [1.165, 1.54) is 19.3 Å². The number of aromatic nitrogens is 3. The molecule has 10 nitrogen and oxygen atoms in total. The number of amides is 2. The zero-order valence-electron chi connectivity index (χ0n) is 20.3. The number of urea groups is 1. The predicted octanol–water partition coefficient (Wildman–Crippen LogP) is 2.09. The summed E-state index contributed by atoms with van der Waals surface area (Å²) in [6.07, 6.45) is 8.37. The summed E-state index contributed by atoms with van der Waals surface area (Å²) in [4.78, 5) is 26.5. The molecule has 33 heavy (non-hydrogen) atoms. The minimum Gasteiger partial charge on any atom is -0.464 e. The second-order valence-electron chi connectivity index (χ2n) is 9.56. The van der Waals surface area contributed by atoms with E-state index in [0.29, 0.717) is 45.7 Å². The zero-order chi connectivity index (χ0) is 23.6. The van der Waals surface area contributed by atoms with Crippen LogP contribution in [0.4, 0.5) is 4.79 Å². The Balaban J connectivity index is 1.62. The van der Waals surface area contributed by atoms with Gasteiger partial charge in [-0.25, -0.2) is 4.79 Å². The van der Waals surface area contributed by atoms with Gasteiger partial charge in [0.05, 0.1) is 18.9 Å². The fourth-order valence-corrected chi connectivity index (χ4v) is 4.24. The van der Waals surface area contributed by atoms with E-state index in [9.17, 15) is 9.59 Å². The summed E-state index contributed by atoms with van der Waals surface area (Å²) in [5, 5.41) is 14.9. The number of aryl methyl sites for hydroxylation is 1. The van der Waals surface area contributed by atoms with E-state index in [2.05, 4.69) is 27.9 Å². The molecule has 2 amide bonds. The third kappa shape index (κ3) is 8.58. The van der Waals surface area contributed by atoms with Crippen LogP contribution in [-0.4, -0.2) is 76.8 Å². The van der Waals surface area contributed by atoms with Gasteiger partial charge >= 0.3 is 12.0 Å². The average Bonchev–Trinajstić information content (AvgIpc) is 3.26. The molecule has 3 rings (SSSR count). The van der Waals surface area contributed by atoms with Crippen molar-refractivity contribution in [2.45, 2.75) is 90.1 Å². The fraction of sp³-hybridized carbons (Fsp3) is 0.826. The molecule has 0 aromatic carbocycles. The Kier molecular flexibility index (Phi) is 9.93. The number of esters is 1. The lowest BCUT2D eigenvalue weighted by Gasteiger charge is -2.31. The lowest BCUT2D eigenvalue weighted by Crippen LogP contribution is -2.48. The Labute approximate surface area is 196 Å². The highest BCUT2D eigenvalue weighted by atomic mass is 16.5. The van der Waals surface area contributed by atoms with Crippen molar-refractivity contribution in [3.8, 4) is 0 Å². The molecular weight excluding hydrogens is 424 g/mol. The summed E-state index contributed by atoms with van der Waals surface area (Å²) in [7, 11) is 1.82. The Morgan fingerprint density at radius 3 is 2.85 bits per heavy atom. The second kappa shape index (κ2) is 12.9. The molecule has 0 spiro atoms. The van der Waals surface area contributed by atoms with Crippen LogP contribution in [0.3, 0.4) is 0 Å². The summed E-state index contributed by atoms with van der Waals surface area (Å²) in [6, 6.07) is 0.248. The highest BCUT2D eigenvalue weighted by molar-refractivity contribution is 5.74. The van der Waals surface area contributed by atoms with Crippen LogP contribution in [0.1, 0.15) is 64.5 Å². The molecule has 1 aliphatic heterocycles. The molecule has 0 radical (unpaired) electrons. The first-order valence-corrected chi connectivity index (χ1v) is 12.3. The normalized spacial score (nSPS) is 26.4. The Morgan fingerprint density at radius 1 is 1.27 bits per heavy atom. The van der Waals surface area contributed by atoms with Gasteiger partial charge < -0.3 is 25.0 Å². The molecule has 1 aromatic heterocycles. The van der Waals surface area contributed by atoms with E-state index in [1.807, 2.05) is 20.2 Å². The van der Waals surface area contributed by atoms with Gasteiger partial charge in [-0.15, -0.1) is 5.10 Å². The quantitative estimate of drug-likeness (QED) is 0.659. The Morgan fingerprint density at radius 2 is 2.06 bits per heavy atom. The lowest BCUT2D eigenvalue weighted by atomic mass is 9.96. The van der Waals surface area contributed by atoms with E-state index >= 15 is 0 Å². The van der Waals surface area contributed by atoms with Crippen molar-refractivity contribution in [3.63, 3.8) is 0 Å². The van der Waals surface area contributed by atoms with Crippen LogP contribution in [0.5, 0.6) is 0 Å². The van der Waals surface area contributed by atoms with Gasteiger partial charge in [-0.05, 0) is 32.1 Å². The molecule has 1 saturated carbocycles. The standard InChI is InChI=1S/C23H40N6O4/c1-17-12-24-18(2)15-33-22(30)10-7-11-29-13-20(26-27-29)16-32-21(17)14-28(3)23(31)25-19-8-5-4-6-9-19/h13,17-19,21,24H,4-12,14-16H2,1-3H3,(H,25,31)/t17-,18+,21-/m0/s1. The highest BCUT2D eigenvalue weighted by Gasteiger charge is 2.25. The van der Waals surface area contributed by atoms with E-state index in [-0.39, 0.29) is 36.1 Å². The minimum absolute atomic E-state index is 0.0323. The predicted molar refractivity (Wildman–Crippen MR) is 123 cm³/mol. The molecule has 1 aromatic rings. The molecule has 3 atom stereocenters. The Hall–Kier alpha value is -2.20. The number of cyclic esters (lactones) is 1. The highest BCUT2D eigenvalue weighted by Crippen LogP contribution is 2.18. The van der Waals surface area contributed by atoms with Crippen LogP contribution in [0.2, 0.25) is 0 Å². The minimum atomic E-state index is -0.198. The summed E-state index contributed by atoms with van der Waals surface area (Å²) in [6.45, 7) is 6.49. The first-order chi connectivity index (χ1) is 15.9. The van der Waals surface area contributed by atoms with Crippen molar-refractivity contribution >= 4 is 12.0 Å². The number of rotatable bonds is 3. The maximum Gasteiger partial charge on any atom is 0.317 e. The molecule has 1 aliphatic carbocycles. The Bertz CT molecular complexity index is 751. The number of nitrogens with one attached hydrogen (secondary N) is 2. The van der Waals surface area contributed by atoms with Crippen molar-refractivity contribution in [1.29, 1.82) is 0 Å². The number of fused-ring (bicyclic) bond motifs is 2. The molecule has 0 saturated heterocycles. The van der Waals surface area contributed by atoms with Gasteiger partial charge in [0.25, 0.3) is 0 Å². The van der Waals surface area contributed by atoms with Crippen molar-refractivity contribution in [2.75, 3.05) is 26.7 Å². The van der Waals surface area contributed by atoms with E-state index in [0.717, 1.165) is 18.5 Å². The van der Waals surface area contributed by atoms with Crippen LogP contribution in [0.15, 0.2) is 6.20 Å². The largest absolute Gasteiger partial charge is 0.464 e. The molecule has 2 bridgehead atoms. The number of carbonyl (C=O) groups excluding carboxylic acids is 2. The zero-order valence-corrected chi connectivity index (χ0v) is 20.3. The molecule has 1 fully saturated rings. The van der Waals surface area contributed by atoms with Gasteiger partial charge in [0.15, 0.2) is 0 Å². The van der Waals surface area contributed by atoms with Crippen molar-refractivity contribution in [2.24, 2.45) is 5.92 Å². The summed E-state index contributed by atoms with van der Waals surface area (Å²) < 4.78 is 13.4. The fourth-order valence-electron chi connectivity index (χ4n) is 4.24. The third-order valence-electron chi connectivity index (χ3n) is 6.45. The van der Waals surface area contributed by atoms with Crippen LogP contribution >= 0.6 is 0 Å². The SMILES string of the molecule is C[C@@H]1COC(=O)CCCn2cc(nn2)CO[C@@H](CN(C)C(=O)NC2CCCCC2)[C@@H](C)CN1. The number of ether oxygens (including phenoxy) is 2. The smallest absolute Gasteiger partial charge is 0.317 e.